The van der Waals surface area contributed by atoms with E-state index in [0.717, 1.165) is 0 Å². The standard InChI is InChI=1S/C2H4.2H3N.2H3O4P/c1-2;;;2*1-5(2,3)4/h1-2H2;2*1H3;2*(H3,1,2,3,4). The van der Waals surface area contributed by atoms with E-state index in [2.05, 4.69) is 13.2 Å². The Morgan fingerprint density at radius 3 is 0.643 bits per heavy atom. The normalized spacial score (nSPS) is 8.71. The molecule has 0 aliphatic heterocycles. The summed E-state index contributed by atoms with van der Waals surface area (Å²) in [4.78, 5) is 43.1. The van der Waals surface area contributed by atoms with E-state index in [1.807, 2.05) is 0 Å². The molecular formula is C2H16N2O8P2. The first-order valence-corrected chi connectivity index (χ1v) is 5.20. The van der Waals surface area contributed by atoms with E-state index in [9.17, 15) is 0 Å². The zero-order valence-electron chi connectivity index (χ0n) is 7.22. The van der Waals surface area contributed by atoms with Crippen molar-refractivity contribution >= 4 is 15.6 Å². The van der Waals surface area contributed by atoms with E-state index in [1.165, 1.54) is 0 Å². The van der Waals surface area contributed by atoms with Gasteiger partial charge in [-0.15, -0.1) is 13.2 Å². The van der Waals surface area contributed by atoms with Gasteiger partial charge in [-0.1, -0.05) is 0 Å². The first kappa shape index (κ1) is 29.2. The lowest BCUT2D eigenvalue weighted by Crippen LogP contribution is -1.66. The molecule has 0 saturated heterocycles. The molecule has 0 fully saturated rings. The Balaban J connectivity index is -0.0000000292. The lowest BCUT2D eigenvalue weighted by molar-refractivity contribution is 0.272. The van der Waals surface area contributed by atoms with E-state index < -0.39 is 15.6 Å². The van der Waals surface area contributed by atoms with Crippen molar-refractivity contribution in [2.45, 2.75) is 0 Å². The predicted molar refractivity (Wildman–Crippen MR) is 49.8 cm³/mol. The second-order valence-corrected chi connectivity index (χ2v) is 3.08. The van der Waals surface area contributed by atoms with Crippen molar-refractivity contribution in [3.05, 3.63) is 13.2 Å². The highest BCUT2D eigenvalue weighted by Crippen LogP contribution is 2.26. The maximum absolute atomic E-state index is 8.88. The topological polar surface area (TPSA) is 226 Å². The van der Waals surface area contributed by atoms with Gasteiger partial charge in [0, 0.05) is 0 Å². The van der Waals surface area contributed by atoms with Crippen molar-refractivity contribution in [1.29, 1.82) is 0 Å². The van der Waals surface area contributed by atoms with Crippen molar-refractivity contribution in [1.82, 2.24) is 12.3 Å². The van der Waals surface area contributed by atoms with Gasteiger partial charge >= 0.3 is 15.6 Å². The molecule has 0 saturated carbocycles. The molecule has 0 aliphatic carbocycles. The van der Waals surface area contributed by atoms with Gasteiger partial charge in [-0.05, 0) is 0 Å². The molecule has 0 aromatic carbocycles. The maximum Gasteiger partial charge on any atom is 0.466 e. The molecule has 0 aromatic heterocycles. The van der Waals surface area contributed by atoms with Gasteiger partial charge in [-0.2, -0.15) is 0 Å². The molecule has 0 amide bonds. The van der Waals surface area contributed by atoms with Crippen LogP contribution < -0.4 is 12.3 Å². The van der Waals surface area contributed by atoms with Gasteiger partial charge in [0.15, 0.2) is 0 Å². The summed E-state index contributed by atoms with van der Waals surface area (Å²) in [5, 5.41) is 0. The van der Waals surface area contributed by atoms with Crippen LogP contribution in [0, 0.1) is 0 Å². The van der Waals surface area contributed by atoms with Crippen LogP contribution in [-0.4, -0.2) is 29.4 Å². The van der Waals surface area contributed by atoms with Crippen LogP contribution in [0.4, 0.5) is 0 Å². The van der Waals surface area contributed by atoms with Crippen LogP contribution in [0.1, 0.15) is 0 Å². The number of hydrogen-bond acceptors (Lipinski definition) is 4. The van der Waals surface area contributed by atoms with Crippen molar-refractivity contribution in [2.75, 3.05) is 0 Å². The molecule has 10 nitrogen and oxygen atoms in total. The van der Waals surface area contributed by atoms with Crippen LogP contribution in [0.15, 0.2) is 13.2 Å². The highest BCUT2D eigenvalue weighted by molar-refractivity contribution is 7.45. The summed E-state index contributed by atoms with van der Waals surface area (Å²) < 4.78 is 17.8. The molecule has 0 radical (unpaired) electrons. The van der Waals surface area contributed by atoms with Crippen molar-refractivity contribution in [3.8, 4) is 0 Å². The Bertz CT molecular complexity index is 147. The second-order valence-electron chi connectivity index (χ2n) is 1.03. The molecule has 92 valence electrons. The molecule has 0 aliphatic rings. The molecule has 0 rings (SSSR count). The van der Waals surface area contributed by atoms with Crippen molar-refractivity contribution < 1.29 is 38.5 Å². The molecule has 12 N–H and O–H groups in total. The fraction of sp³-hybridized carbons (Fsp3) is 0. The quantitative estimate of drug-likeness (QED) is 0.200. The van der Waals surface area contributed by atoms with Gasteiger partial charge in [0.05, 0.1) is 0 Å². The molecular weight excluding hydrogens is 242 g/mol. The Kier molecular flexibility index (Phi) is 26.9. The minimum Gasteiger partial charge on any atom is -0.344 e. The summed E-state index contributed by atoms with van der Waals surface area (Å²) in [5.74, 6) is 0. The van der Waals surface area contributed by atoms with Crippen LogP contribution in [-0.2, 0) is 9.13 Å². The predicted octanol–water partition coefficient (Wildman–Crippen LogP) is -0.731. The maximum atomic E-state index is 8.88. The van der Waals surface area contributed by atoms with Crippen LogP contribution >= 0.6 is 15.6 Å². The fourth-order valence-corrected chi connectivity index (χ4v) is 0. The summed E-state index contributed by atoms with van der Waals surface area (Å²) in [7, 11) is -9.28. The van der Waals surface area contributed by atoms with Crippen LogP contribution in [0.3, 0.4) is 0 Å². The summed E-state index contributed by atoms with van der Waals surface area (Å²) in [6, 6.07) is 0. The van der Waals surface area contributed by atoms with E-state index in [0.29, 0.717) is 0 Å². The molecule has 0 bridgehead atoms. The molecule has 0 heterocycles. The molecule has 14 heavy (non-hydrogen) atoms. The SMILES string of the molecule is C=C.N.N.O=P(O)(O)O.O=P(O)(O)O. The minimum absolute atomic E-state index is 0. The highest BCUT2D eigenvalue weighted by atomic mass is 31.2. The summed E-state index contributed by atoms with van der Waals surface area (Å²) >= 11 is 0. The third kappa shape index (κ3) is 97700. The summed E-state index contributed by atoms with van der Waals surface area (Å²) in [6.07, 6.45) is 0. The molecule has 0 unspecified atom stereocenters. The monoisotopic (exact) mass is 258 g/mol. The van der Waals surface area contributed by atoms with Crippen LogP contribution in [0.5, 0.6) is 0 Å². The van der Waals surface area contributed by atoms with Gasteiger partial charge in [-0.3, -0.25) is 0 Å². The Labute approximate surface area is 80.6 Å². The lowest BCUT2D eigenvalue weighted by atomic mass is 11.3. The average Bonchev–Trinajstić information content (AvgIpc) is 1.59. The molecule has 0 atom stereocenters. The Morgan fingerprint density at radius 1 is 0.643 bits per heavy atom. The zero-order valence-corrected chi connectivity index (χ0v) is 9.01. The van der Waals surface area contributed by atoms with Gasteiger partial charge in [-0.25, -0.2) is 9.13 Å². The first-order chi connectivity index (χ1) is 5.00. The number of phosphoric acid groups is 2. The van der Waals surface area contributed by atoms with Crippen LogP contribution in [0.2, 0.25) is 0 Å². The third-order valence-electron chi connectivity index (χ3n) is 0. The Hall–Kier alpha value is -0.120. The van der Waals surface area contributed by atoms with Gasteiger partial charge in [0.25, 0.3) is 0 Å². The van der Waals surface area contributed by atoms with Gasteiger partial charge < -0.3 is 41.7 Å². The average molecular weight is 258 g/mol. The van der Waals surface area contributed by atoms with Crippen LogP contribution in [0.25, 0.3) is 0 Å². The fourth-order valence-electron chi connectivity index (χ4n) is 0. The first-order valence-electron chi connectivity index (χ1n) is 2.07. The zero-order chi connectivity index (χ0) is 11.0. The molecule has 0 spiro atoms. The Morgan fingerprint density at radius 2 is 0.643 bits per heavy atom. The summed E-state index contributed by atoms with van der Waals surface area (Å²) in [6.45, 7) is 6.00. The smallest absolute Gasteiger partial charge is 0.344 e. The van der Waals surface area contributed by atoms with E-state index >= 15 is 0 Å². The van der Waals surface area contributed by atoms with Crippen molar-refractivity contribution in [3.63, 3.8) is 0 Å². The van der Waals surface area contributed by atoms with Gasteiger partial charge in [0.1, 0.15) is 0 Å². The minimum atomic E-state index is -4.64. The van der Waals surface area contributed by atoms with Gasteiger partial charge in [0.2, 0.25) is 0 Å². The molecule has 12 heteroatoms. The largest absolute Gasteiger partial charge is 0.466 e. The highest BCUT2D eigenvalue weighted by Gasteiger charge is 2.00. The number of hydrogen-bond donors (Lipinski definition) is 8. The van der Waals surface area contributed by atoms with E-state index in [4.69, 9.17) is 38.5 Å². The van der Waals surface area contributed by atoms with E-state index in [-0.39, 0.29) is 12.3 Å². The van der Waals surface area contributed by atoms with E-state index in [1.54, 1.807) is 0 Å². The second kappa shape index (κ2) is 12.9. The molecule has 0 aromatic rings. The number of rotatable bonds is 0. The lowest BCUT2D eigenvalue weighted by Gasteiger charge is -1.82. The summed E-state index contributed by atoms with van der Waals surface area (Å²) in [5.41, 5.74) is 0. The third-order valence-corrected chi connectivity index (χ3v) is 0. The van der Waals surface area contributed by atoms with Crippen molar-refractivity contribution in [2.24, 2.45) is 0 Å².